The van der Waals surface area contributed by atoms with Gasteiger partial charge in [-0.3, -0.25) is 4.79 Å². The molecule has 0 saturated heterocycles. The zero-order valence-corrected chi connectivity index (χ0v) is 13.7. The summed E-state index contributed by atoms with van der Waals surface area (Å²) in [7, 11) is 0. The summed E-state index contributed by atoms with van der Waals surface area (Å²) in [6.45, 7) is 15.0. The van der Waals surface area contributed by atoms with E-state index in [4.69, 9.17) is 9.84 Å². The molecule has 0 heterocycles. The normalized spacial score (nSPS) is 13.3. The van der Waals surface area contributed by atoms with Crippen molar-refractivity contribution in [2.24, 2.45) is 17.3 Å². The molecular formula is C15H32O4. The molecule has 2 N–H and O–H groups in total. The highest BCUT2D eigenvalue weighted by Crippen LogP contribution is 2.24. The lowest BCUT2D eigenvalue weighted by Gasteiger charge is -2.30. The summed E-state index contributed by atoms with van der Waals surface area (Å²) in [5, 5.41) is 18.3. The van der Waals surface area contributed by atoms with E-state index in [-0.39, 0.29) is 35.9 Å². The van der Waals surface area contributed by atoms with E-state index in [0.717, 1.165) is 0 Å². The Morgan fingerprint density at radius 1 is 1.11 bits per heavy atom. The van der Waals surface area contributed by atoms with Crippen molar-refractivity contribution in [3.05, 3.63) is 0 Å². The fourth-order valence-corrected chi connectivity index (χ4v) is 1.36. The van der Waals surface area contributed by atoms with Crippen molar-refractivity contribution in [3.8, 4) is 0 Å². The van der Waals surface area contributed by atoms with E-state index in [2.05, 4.69) is 0 Å². The third kappa shape index (κ3) is 9.91. The van der Waals surface area contributed by atoms with Crippen molar-refractivity contribution in [3.63, 3.8) is 0 Å². The summed E-state index contributed by atoms with van der Waals surface area (Å²) in [6, 6.07) is 0. The van der Waals surface area contributed by atoms with Crippen molar-refractivity contribution in [2.75, 3.05) is 6.61 Å². The highest BCUT2D eigenvalue weighted by atomic mass is 16.5. The van der Waals surface area contributed by atoms with Crippen molar-refractivity contribution >= 4 is 5.97 Å². The Labute approximate surface area is 118 Å². The van der Waals surface area contributed by atoms with Gasteiger partial charge in [0.05, 0.1) is 24.7 Å². The smallest absolute Gasteiger partial charge is 0.308 e. The maximum absolute atomic E-state index is 10.7. The molecule has 0 radical (unpaired) electrons. The van der Waals surface area contributed by atoms with Crippen LogP contribution in [0.15, 0.2) is 0 Å². The molecule has 4 heteroatoms. The SMILES string of the molecule is CC(C)C(O)C(C)(C)CO.CC(C)OC(=O)C(C)C. The number of hydrogen-bond acceptors (Lipinski definition) is 4. The molecule has 0 aliphatic rings. The second-order valence-electron chi connectivity index (χ2n) is 6.48. The summed E-state index contributed by atoms with van der Waals surface area (Å²) in [5.74, 6) is 0.0829. The van der Waals surface area contributed by atoms with E-state index in [1.165, 1.54) is 0 Å². The summed E-state index contributed by atoms with van der Waals surface area (Å²) in [6.07, 6.45) is -0.405. The van der Waals surface area contributed by atoms with Crippen LogP contribution in [-0.2, 0) is 9.53 Å². The Morgan fingerprint density at radius 3 is 1.63 bits per heavy atom. The molecule has 0 aliphatic carbocycles. The summed E-state index contributed by atoms with van der Waals surface area (Å²) in [4.78, 5) is 10.7. The van der Waals surface area contributed by atoms with Crippen LogP contribution in [0.2, 0.25) is 0 Å². The van der Waals surface area contributed by atoms with Gasteiger partial charge in [-0.2, -0.15) is 0 Å². The molecule has 1 atom stereocenters. The molecule has 0 fully saturated rings. The minimum atomic E-state index is -0.419. The summed E-state index contributed by atoms with van der Waals surface area (Å²) in [5.41, 5.74) is -0.367. The van der Waals surface area contributed by atoms with E-state index < -0.39 is 6.10 Å². The molecule has 116 valence electrons. The van der Waals surface area contributed by atoms with E-state index in [1.807, 2.05) is 55.4 Å². The van der Waals surface area contributed by atoms with Crippen LogP contribution in [0.1, 0.15) is 55.4 Å². The second-order valence-corrected chi connectivity index (χ2v) is 6.48. The highest BCUT2D eigenvalue weighted by molar-refractivity contribution is 5.71. The Morgan fingerprint density at radius 2 is 1.53 bits per heavy atom. The molecule has 0 aliphatic heterocycles. The van der Waals surface area contributed by atoms with Crippen molar-refractivity contribution in [2.45, 2.75) is 67.6 Å². The minimum Gasteiger partial charge on any atom is -0.463 e. The number of carbonyl (C=O) groups is 1. The maximum Gasteiger partial charge on any atom is 0.308 e. The monoisotopic (exact) mass is 276 g/mol. The number of aliphatic hydroxyl groups excluding tert-OH is 2. The van der Waals surface area contributed by atoms with Gasteiger partial charge in [-0.05, 0) is 19.8 Å². The minimum absolute atomic E-state index is 0.00704. The molecule has 19 heavy (non-hydrogen) atoms. The molecule has 0 amide bonds. The van der Waals surface area contributed by atoms with Crippen LogP contribution in [0, 0.1) is 17.3 Å². The molecule has 0 aromatic carbocycles. The number of rotatable bonds is 5. The van der Waals surface area contributed by atoms with Gasteiger partial charge >= 0.3 is 5.97 Å². The standard InChI is InChI=1S/C8H18O2.C7H14O2/c1-6(2)7(10)8(3,4)5-9;1-5(2)7(8)9-6(3)4/h6-7,9-10H,5H2,1-4H3;5-6H,1-4H3. The van der Waals surface area contributed by atoms with Crippen molar-refractivity contribution < 1.29 is 19.7 Å². The van der Waals surface area contributed by atoms with Crippen LogP contribution in [0.25, 0.3) is 0 Å². The van der Waals surface area contributed by atoms with Gasteiger partial charge in [0.1, 0.15) is 0 Å². The second kappa shape index (κ2) is 9.32. The van der Waals surface area contributed by atoms with Gasteiger partial charge in [0.15, 0.2) is 0 Å². The average Bonchev–Trinajstić information content (AvgIpc) is 2.27. The maximum atomic E-state index is 10.7. The topological polar surface area (TPSA) is 66.8 Å². The number of aliphatic hydroxyl groups is 2. The van der Waals surface area contributed by atoms with Crippen molar-refractivity contribution in [1.29, 1.82) is 0 Å². The Bertz CT molecular complexity index is 245. The first-order valence-electron chi connectivity index (χ1n) is 6.95. The predicted octanol–water partition coefficient (Wildman–Crippen LogP) is 2.62. The quantitative estimate of drug-likeness (QED) is 0.758. The van der Waals surface area contributed by atoms with Gasteiger partial charge in [-0.15, -0.1) is 0 Å². The zero-order valence-electron chi connectivity index (χ0n) is 13.7. The van der Waals surface area contributed by atoms with Gasteiger partial charge < -0.3 is 14.9 Å². The summed E-state index contributed by atoms with van der Waals surface area (Å²) >= 11 is 0. The van der Waals surface area contributed by atoms with E-state index in [0.29, 0.717) is 0 Å². The Kier molecular flexibility index (Phi) is 10.2. The molecule has 0 rings (SSSR count). The van der Waals surface area contributed by atoms with Gasteiger partial charge in [-0.25, -0.2) is 0 Å². The fraction of sp³-hybridized carbons (Fsp3) is 0.933. The molecule has 4 nitrogen and oxygen atoms in total. The largest absolute Gasteiger partial charge is 0.463 e. The van der Waals surface area contributed by atoms with Crippen LogP contribution < -0.4 is 0 Å². The molecule has 1 unspecified atom stereocenters. The first-order chi connectivity index (χ1) is 8.45. The lowest BCUT2D eigenvalue weighted by atomic mass is 9.82. The number of esters is 1. The summed E-state index contributed by atoms with van der Waals surface area (Å²) < 4.78 is 4.87. The van der Waals surface area contributed by atoms with E-state index >= 15 is 0 Å². The molecule has 0 aromatic rings. The van der Waals surface area contributed by atoms with Crippen LogP contribution in [-0.4, -0.2) is 35.0 Å². The van der Waals surface area contributed by atoms with Crippen molar-refractivity contribution in [1.82, 2.24) is 0 Å². The van der Waals surface area contributed by atoms with Crippen LogP contribution >= 0.6 is 0 Å². The van der Waals surface area contributed by atoms with E-state index in [9.17, 15) is 9.90 Å². The molecule has 0 saturated carbocycles. The molecule has 0 aromatic heterocycles. The third-order valence-electron chi connectivity index (χ3n) is 2.66. The van der Waals surface area contributed by atoms with Gasteiger partial charge in [-0.1, -0.05) is 41.5 Å². The van der Waals surface area contributed by atoms with Gasteiger partial charge in [0.2, 0.25) is 0 Å². The van der Waals surface area contributed by atoms with Gasteiger partial charge in [0.25, 0.3) is 0 Å². The van der Waals surface area contributed by atoms with Crippen LogP contribution in [0.3, 0.4) is 0 Å². The predicted molar refractivity (Wildman–Crippen MR) is 77.8 cm³/mol. The highest BCUT2D eigenvalue weighted by Gasteiger charge is 2.28. The third-order valence-corrected chi connectivity index (χ3v) is 2.66. The number of hydrogen-bond donors (Lipinski definition) is 2. The number of ether oxygens (including phenoxy) is 1. The molecule has 0 spiro atoms. The van der Waals surface area contributed by atoms with Crippen LogP contribution in [0.4, 0.5) is 0 Å². The zero-order chi connectivity index (χ0) is 15.8. The van der Waals surface area contributed by atoms with Crippen LogP contribution in [0.5, 0.6) is 0 Å². The Hall–Kier alpha value is -0.610. The van der Waals surface area contributed by atoms with Gasteiger partial charge in [0, 0.05) is 5.41 Å². The lowest BCUT2D eigenvalue weighted by molar-refractivity contribution is -0.151. The molecular weight excluding hydrogens is 244 g/mol. The van der Waals surface area contributed by atoms with E-state index in [1.54, 1.807) is 0 Å². The molecule has 0 bridgehead atoms. The Balaban J connectivity index is 0. The first-order valence-corrected chi connectivity index (χ1v) is 6.95. The lowest BCUT2D eigenvalue weighted by Crippen LogP contribution is -2.36. The number of carbonyl (C=O) groups excluding carboxylic acids is 1. The fourth-order valence-electron chi connectivity index (χ4n) is 1.36. The average molecular weight is 276 g/mol. The first kappa shape index (κ1) is 20.7.